The van der Waals surface area contributed by atoms with Crippen molar-refractivity contribution < 1.29 is 28.6 Å². The maximum atomic E-state index is 12.9. The molecule has 0 amide bonds. The number of allylic oxidation sites excluding steroid dienone is 1. The highest BCUT2D eigenvalue weighted by molar-refractivity contribution is 6.10. The number of ether oxygens (including phenoxy) is 3. The van der Waals surface area contributed by atoms with E-state index >= 15 is 0 Å². The molecule has 0 bridgehead atoms. The first-order valence-corrected chi connectivity index (χ1v) is 8.42. The van der Waals surface area contributed by atoms with Crippen molar-refractivity contribution >= 4 is 23.6 Å². The van der Waals surface area contributed by atoms with Gasteiger partial charge in [-0.3, -0.25) is 14.6 Å². The van der Waals surface area contributed by atoms with Crippen LogP contribution in [0.4, 0.5) is 0 Å². The quantitative estimate of drug-likeness (QED) is 0.563. The van der Waals surface area contributed by atoms with Gasteiger partial charge in [-0.05, 0) is 19.9 Å². The first-order valence-electron chi connectivity index (χ1n) is 8.42. The second-order valence-corrected chi connectivity index (χ2v) is 6.10. The number of rotatable bonds is 5. The number of carbonyl (C=O) groups excluding carboxylic acids is 3. The molecule has 0 radical (unpaired) electrons. The van der Waals surface area contributed by atoms with Crippen LogP contribution in [0.15, 0.2) is 40.5 Å². The minimum Gasteiger partial charge on any atom is -0.468 e. The Morgan fingerprint density at radius 3 is 2.36 bits per heavy atom. The van der Waals surface area contributed by atoms with Gasteiger partial charge < -0.3 is 14.2 Å². The first-order chi connectivity index (χ1) is 13.3. The molecular formula is C20H20N2O6. The molecule has 0 N–H and O–H groups in total. The second kappa shape index (κ2) is 8.95. The van der Waals surface area contributed by atoms with E-state index in [0.29, 0.717) is 16.8 Å². The van der Waals surface area contributed by atoms with Crippen molar-refractivity contribution in [2.24, 2.45) is 16.8 Å². The standard InChI is InChI=1S/C20H20N2O6/c1-11-15(18(23)26-3)17(16(12(2)22-11)19(24)27-4)20(25)28-10-14-8-6-5-7-13(14)9-21/h5-8,15,17H,10H2,1-4H3/t15?,17-/m0/s1. The number of nitrogens with zero attached hydrogens (tertiary/aromatic N) is 2. The van der Waals surface area contributed by atoms with E-state index in [1.54, 1.807) is 38.1 Å². The van der Waals surface area contributed by atoms with Gasteiger partial charge in [0, 0.05) is 17.0 Å². The van der Waals surface area contributed by atoms with E-state index < -0.39 is 29.7 Å². The highest BCUT2D eigenvalue weighted by atomic mass is 16.5. The molecule has 1 aliphatic rings. The van der Waals surface area contributed by atoms with E-state index in [9.17, 15) is 14.4 Å². The predicted molar refractivity (Wildman–Crippen MR) is 97.8 cm³/mol. The summed E-state index contributed by atoms with van der Waals surface area (Å²) < 4.78 is 14.9. The molecule has 0 saturated carbocycles. The van der Waals surface area contributed by atoms with Crippen LogP contribution in [-0.2, 0) is 35.2 Å². The Balaban J connectivity index is 2.39. The van der Waals surface area contributed by atoms with Gasteiger partial charge in [0.25, 0.3) is 0 Å². The van der Waals surface area contributed by atoms with Crippen LogP contribution in [0.5, 0.6) is 0 Å². The van der Waals surface area contributed by atoms with E-state index in [1.807, 2.05) is 6.07 Å². The lowest BCUT2D eigenvalue weighted by Crippen LogP contribution is -2.42. The minimum absolute atomic E-state index is 0.0536. The average molecular weight is 384 g/mol. The summed E-state index contributed by atoms with van der Waals surface area (Å²) >= 11 is 0. The van der Waals surface area contributed by atoms with Gasteiger partial charge in [0.2, 0.25) is 0 Å². The number of hydrogen-bond donors (Lipinski definition) is 0. The van der Waals surface area contributed by atoms with Crippen molar-refractivity contribution in [3.63, 3.8) is 0 Å². The van der Waals surface area contributed by atoms with Crippen LogP contribution in [0.25, 0.3) is 0 Å². The Morgan fingerprint density at radius 1 is 1.07 bits per heavy atom. The lowest BCUT2D eigenvalue weighted by Gasteiger charge is -2.29. The molecule has 0 aliphatic carbocycles. The van der Waals surface area contributed by atoms with E-state index in [1.165, 1.54) is 14.2 Å². The molecule has 2 rings (SSSR count). The van der Waals surface area contributed by atoms with Gasteiger partial charge in [-0.1, -0.05) is 18.2 Å². The fraction of sp³-hybridized carbons (Fsp3) is 0.350. The summed E-state index contributed by atoms with van der Waals surface area (Å²) in [5, 5.41) is 9.16. The molecule has 1 aliphatic heterocycles. The largest absolute Gasteiger partial charge is 0.468 e. The van der Waals surface area contributed by atoms with Gasteiger partial charge in [-0.25, -0.2) is 4.79 Å². The maximum Gasteiger partial charge on any atom is 0.336 e. The zero-order valence-corrected chi connectivity index (χ0v) is 16.0. The third-order valence-electron chi connectivity index (χ3n) is 4.45. The Kier molecular flexibility index (Phi) is 6.66. The Labute approximate surface area is 162 Å². The number of methoxy groups -OCH3 is 2. The maximum absolute atomic E-state index is 12.9. The van der Waals surface area contributed by atoms with Gasteiger partial charge in [0.05, 0.1) is 31.4 Å². The molecule has 1 heterocycles. The fourth-order valence-electron chi connectivity index (χ4n) is 3.09. The summed E-state index contributed by atoms with van der Waals surface area (Å²) in [4.78, 5) is 41.7. The number of hydrogen-bond acceptors (Lipinski definition) is 8. The third-order valence-corrected chi connectivity index (χ3v) is 4.45. The molecule has 146 valence electrons. The molecule has 0 fully saturated rings. The molecule has 1 aromatic rings. The van der Waals surface area contributed by atoms with Crippen molar-refractivity contribution in [3.05, 3.63) is 46.7 Å². The number of benzene rings is 1. The van der Waals surface area contributed by atoms with Crippen LogP contribution in [-0.4, -0.2) is 37.8 Å². The van der Waals surface area contributed by atoms with E-state index in [4.69, 9.17) is 19.5 Å². The van der Waals surface area contributed by atoms with E-state index in [0.717, 1.165) is 0 Å². The van der Waals surface area contributed by atoms with Crippen LogP contribution >= 0.6 is 0 Å². The minimum atomic E-state index is -1.26. The third kappa shape index (κ3) is 4.09. The topological polar surface area (TPSA) is 115 Å². The Bertz CT molecular complexity index is 910. The van der Waals surface area contributed by atoms with Crippen molar-refractivity contribution in [2.75, 3.05) is 14.2 Å². The molecule has 8 nitrogen and oxygen atoms in total. The van der Waals surface area contributed by atoms with Gasteiger partial charge in [-0.2, -0.15) is 5.26 Å². The highest BCUT2D eigenvalue weighted by Crippen LogP contribution is 2.33. The molecule has 1 aromatic carbocycles. The Hall–Kier alpha value is -3.47. The van der Waals surface area contributed by atoms with Gasteiger partial charge >= 0.3 is 17.9 Å². The summed E-state index contributed by atoms with van der Waals surface area (Å²) in [5.41, 5.74) is 1.41. The van der Waals surface area contributed by atoms with E-state index in [2.05, 4.69) is 4.99 Å². The van der Waals surface area contributed by atoms with Crippen molar-refractivity contribution in [2.45, 2.75) is 20.5 Å². The summed E-state index contributed by atoms with van der Waals surface area (Å²) in [7, 11) is 2.36. The summed E-state index contributed by atoms with van der Waals surface area (Å²) in [6, 6.07) is 8.67. The molecule has 0 aromatic heterocycles. The van der Waals surface area contributed by atoms with Gasteiger partial charge in [0.15, 0.2) is 0 Å². The monoisotopic (exact) mass is 384 g/mol. The van der Waals surface area contributed by atoms with Crippen LogP contribution in [0, 0.1) is 23.2 Å². The van der Waals surface area contributed by atoms with Crippen LogP contribution in [0.2, 0.25) is 0 Å². The van der Waals surface area contributed by atoms with Crippen LogP contribution in [0.1, 0.15) is 25.0 Å². The van der Waals surface area contributed by atoms with Crippen molar-refractivity contribution in [1.82, 2.24) is 0 Å². The lowest BCUT2D eigenvalue weighted by atomic mass is 9.80. The van der Waals surface area contributed by atoms with Gasteiger partial charge in [-0.15, -0.1) is 0 Å². The number of nitriles is 1. The van der Waals surface area contributed by atoms with Crippen LogP contribution in [0.3, 0.4) is 0 Å². The zero-order valence-electron chi connectivity index (χ0n) is 16.0. The smallest absolute Gasteiger partial charge is 0.336 e. The lowest BCUT2D eigenvalue weighted by molar-refractivity contribution is -0.157. The number of carbonyl (C=O) groups is 3. The predicted octanol–water partition coefficient (Wildman–Crippen LogP) is 1.93. The molecule has 28 heavy (non-hydrogen) atoms. The molecule has 2 atom stereocenters. The Morgan fingerprint density at radius 2 is 1.75 bits per heavy atom. The normalized spacial score (nSPS) is 18.6. The SMILES string of the molecule is COC(=O)C1=C(C)N=C(C)C(C(=O)OC)[C@@H]1C(=O)OCc1ccccc1C#N. The second-order valence-electron chi connectivity index (χ2n) is 6.10. The fourth-order valence-corrected chi connectivity index (χ4v) is 3.09. The average Bonchev–Trinajstić information content (AvgIpc) is 2.70. The summed E-state index contributed by atoms with van der Waals surface area (Å²) in [5.74, 6) is -4.66. The molecule has 1 unspecified atom stereocenters. The summed E-state index contributed by atoms with van der Waals surface area (Å²) in [6.45, 7) is 2.94. The van der Waals surface area contributed by atoms with E-state index in [-0.39, 0.29) is 17.9 Å². The van der Waals surface area contributed by atoms with Crippen LogP contribution < -0.4 is 0 Å². The number of aliphatic imine (C=N–C) groups is 1. The molecule has 0 spiro atoms. The first kappa shape index (κ1) is 20.8. The summed E-state index contributed by atoms with van der Waals surface area (Å²) in [6.07, 6.45) is 0. The van der Waals surface area contributed by atoms with Crippen molar-refractivity contribution in [3.8, 4) is 6.07 Å². The molecular weight excluding hydrogens is 364 g/mol. The molecule has 8 heteroatoms. The zero-order chi connectivity index (χ0) is 20.8. The van der Waals surface area contributed by atoms with Gasteiger partial charge in [0.1, 0.15) is 18.4 Å². The number of esters is 3. The molecule has 0 saturated heterocycles. The highest BCUT2D eigenvalue weighted by Gasteiger charge is 2.46. The van der Waals surface area contributed by atoms with Crippen molar-refractivity contribution in [1.29, 1.82) is 5.26 Å².